The molecule has 0 fully saturated rings. The van der Waals surface area contributed by atoms with Gasteiger partial charge in [-0.15, -0.1) is 0 Å². The number of rotatable bonds is 3. The molecule has 1 aliphatic rings. The minimum absolute atomic E-state index is 0.192. The Balaban J connectivity index is 1.65. The number of phenolic OH excluding ortho intramolecular Hbond substituents is 1. The van der Waals surface area contributed by atoms with Gasteiger partial charge in [-0.05, 0) is 29.8 Å². The third kappa shape index (κ3) is 2.98. The molecule has 0 spiro atoms. The van der Waals surface area contributed by atoms with Gasteiger partial charge < -0.3 is 20.1 Å². The third-order valence-electron chi connectivity index (χ3n) is 3.69. The average molecular weight is 298 g/mol. The summed E-state index contributed by atoms with van der Waals surface area (Å²) >= 11 is 0. The lowest BCUT2D eigenvalue weighted by atomic mass is 10.1. The minimum Gasteiger partial charge on any atom is -0.508 e. The Morgan fingerprint density at radius 2 is 2.14 bits per heavy atom. The molecule has 2 aromatic carbocycles. The van der Waals surface area contributed by atoms with Crippen LogP contribution in [0.15, 0.2) is 42.5 Å². The van der Waals surface area contributed by atoms with Crippen LogP contribution in [0.25, 0.3) is 0 Å². The van der Waals surface area contributed by atoms with Crippen LogP contribution in [0.3, 0.4) is 0 Å². The van der Waals surface area contributed by atoms with E-state index in [9.17, 15) is 9.90 Å². The van der Waals surface area contributed by atoms with Crippen LogP contribution >= 0.6 is 0 Å². The molecule has 0 saturated heterocycles. The van der Waals surface area contributed by atoms with E-state index < -0.39 is 0 Å². The van der Waals surface area contributed by atoms with E-state index in [0.717, 1.165) is 23.4 Å². The summed E-state index contributed by atoms with van der Waals surface area (Å²) in [5, 5.41) is 12.6. The topological polar surface area (TPSA) is 61.8 Å². The first-order chi connectivity index (χ1) is 10.6. The highest BCUT2D eigenvalue weighted by Crippen LogP contribution is 2.28. The van der Waals surface area contributed by atoms with Crippen LogP contribution < -0.4 is 10.1 Å². The van der Waals surface area contributed by atoms with Crippen molar-refractivity contribution in [3.63, 3.8) is 0 Å². The maximum absolute atomic E-state index is 12.2. The molecule has 0 aromatic heterocycles. The van der Waals surface area contributed by atoms with Crippen molar-refractivity contribution < 1.29 is 14.6 Å². The fourth-order valence-corrected chi connectivity index (χ4v) is 2.46. The summed E-state index contributed by atoms with van der Waals surface area (Å²) in [6.45, 7) is 1.03. The van der Waals surface area contributed by atoms with Crippen LogP contribution in [0.5, 0.6) is 11.5 Å². The van der Waals surface area contributed by atoms with E-state index in [2.05, 4.69) is 5.32 Å². The molecule has 114 valence electrons. The number of nitrogens with zero attached hydrogens (tertiary/aromatic N) is 1. The van der Waals surface area contributed by atoms with Crippen LogP contribution in [0, 0.1) is 0 Å². The van der Waals surface area contributed by atoms with E-state index in [1.165, 1.54) is 4.90 Å². The number of hydrogen-bond donors (Lipinski definition) is 2. The van der Waals surface area contributed by atoms with E-state index >= 15 is 0 Å². The molecule has 2 aromatic rings. The lowest BCUT2D eigenvalue weighted by Crippen LogP contribution is -2.30. The van der Waals surface area contributed by atoms with Crippen molar-refractivity contribution in [3.8, 4) is 11.5 Å². The molecular weight excluding hydrogens is 280 g/mol. The highest BCUT2D eigenvalue weighted by atomic mass is 16.5. The molecule has 1 heterocycles. The average Bonchev–Trinajstić information content (AvgIpc) is 2.97. The zero-order valence-corrected chi connectivity index (χ0v) is 12.4. The number of hydrogen-bond acceptors (Lipinski definition) is 3. The number of aromatic hydroxyl groups is 1. The first-order valence-corrected chi connectivity index (χ1v) is 7.18. The van der Waals surface area contributed by atoms with Gasteiger partial charge in [0.2, 0.25) is 0 Å². The Bertz CT molecular complexity index is 700. The van der Waals surface area contributed by atoms with Crippen LogP contribution in [0.2, 0.25) is 0 Å². The zero-order valence-electron chi connectivity index (χ0n) is 12.4. The van der Waals surface area contributed by atoms with Crippen molar-refractivity contribution >= 4 is 11.7 Å². The number of urea groups is 1. The quantitative estimate of drug-likeness (QED) is 0.915. The number of ether oxygens (including phenoxy) is 1. The van der Waals surface area contributed by atoms with Crippen molar-refractivity contribution in [3.05, 3.63) is 53.6 Å². The van der Waals surface area contributed by atoms with Crippen LogP contribution in [0.1, 0.15) is 11.1 Å². The van der Waals surface area contributed by atoms with Gasteiger partial charge in [0.15, 0.2) is 0 Å². The summed E-state index contributed by atoms with van der Waals surface area (Å²) in [5.74, 6) is 1.08. The third-order valence-corrected chi connectivity index (χ3v) is 3.69. The highest BCUT2D eigenvalue weighted by Gasteiger charge is 2.15. The molecule has 2 amide bonds. The Hall–Kier alpha value is -2.69. The predicted molar refractivity (Wildman–Crippen MR) is 84.2 cm³/mol. The van der Waals surface area contributed by atoms with Crippen LogP contribution in [-0.4, -0.2) is 29.7 Å². The Morgan fingerprint density at radius 1 is 1.32 bits per heavy atom. The molecule has 0 bridgehead atoms. The largest absolute Gasteiger partial charge is 0.508 e. The second-order valence-electron chi connectivity index (χ2n) is 5.34. The lowest BCUT2D eigenvalue weighted by molar-refractivity contribution is 0.220. The first kappa shape index (κ1) is 14.3. The van der Waals surface area contributed by atoms with Gasteiger partial charge in [-0.1, -0.05) is 18.2 Å². The molecule has 22 heavy (non-hydrogen) atoms. The molecule has 3 rings (SSSR count). The van der Waals surface area contributed by atoms with Gasteiger partial charge in [-0.25, -0.2) is 4.79 Å². The molecule has 5 heteroatoms. The molecule has 0 unspecified atom stereocenters. The smallest absolute Gasteiger partial charge is 0.321 e. The van der Waals surface area contributed by atoms with Gasteiger partial charge in [-0.2, -0.15) is 0 Å². The molecule has 5 nitrogen and oxygen atoms in total. The second-order valence-corrected chi connectivity index (χ2v) is 5.34. The van der Waals surface area contributed by atoms with Gasteiger partial charge in [0.05, 0.1) is 13.2 Å². The van der Waals surface area contributed by atoms with E-state index in [4.69, 9.17) is 4.74 Å². The van der Waals surface area contributed by atoms with E-state index in [-0.39, 0.29) is 11.8 Å². The molecule has 1 aliphatic heterocycles. The molecule has 2 N–H and O–H groups in total. The summed E-state index contributed by atoms with van der Waals surface area (Å²) < 4.78 is 5.45. The van der Waals surface area contributed by atoms with Crippen molar-refractivity contribution in [2.24, 2.45) is 0 Å². The number of fused-ring (bicyclic) bond motifs is 1. The van der Waals surface area contributed by atoms with Gasteiger partial charge in [0.25, 0.3) is 0 Å². The lowest BCUT2D eigenvalue weighted by Gasteiger charge is -2.19. The SMILES string of the molecule is CN(Cc1ccccc1O)C(=O)Nc1ccc2c(c1)CCO2. The minimum atomic E-state index is -0.220. The number of amides is 2. The number of anilines is 1. The van der Waals surface area contributed by atoms with Crippen molar-refractivity contribution in [2.45, 2.75) is 13.0 Å². The second kappa shape index (κ2) is 5.97. The maximum atomic E-state index is 12.2. The van der Waals surface area contributed by atoms with Gasteiger partial charge in [0.1, 0.15) is 11.5 Å². The van der Waals surface area contributed by atoms with Gasteiger partial charge in [0, 0.05) is 24.7 Å². The zero-order chi connectivity index (χ0) is 15.5. The fourth-order valence-electron chi connectivity index (χ4n) is 2.46. The first-order valence-electron chi connectivity index (χ1n) is 7.18. The summed E-state index contributed by atoms with van der Waals surface area (Å²) in [6, 6.07) is 12.4. The molecule has 0 atom stereocenters. The van der Waals surface area contributed by atoms with E-state index in [0.29, 0.717) is 18.7 Å². The monoisotopic (exact) mass is 298 g/mol. The number of nitrogens with one attached hydrogen (secondary N) is 1. The standard InChI is InChI=1S/C17H18N2O3/c1-19(11-13-4-2-3-5-15(13)20)17(21)18-14-6-7-16-12(10-14)8-9-22-16/h2-7,10,20H,8-9,11H2,1H3,(H,18,21). The van der Waals surface area contributed by atoms with Gasteiger partial charge >= 0.3 is 6.03 Å². The summed E-state index contributed by atoms with van der Waals surface area (Å²) in [7, 11) is 1.69. The summed E-state index contributed by atoms with van der Waals surface area (Å²) in [6.07, 6.45) is 0.868. The van der Waals surface area contributed by atoms with Gasteiger partial charge in [-0.3, -0.25) is 0 Å². The Morgan fingerprint density at radius 3 is 2.95 bits per heavy atom. The van der Waals surface area contributed by atoms with Crippen molar-refractivity contribution in [1.29, 1.82) is 0 Å². The van der Waals surface area contributed by atoms with Crippen molar-refractivity contribution in [1.82, 2.24) is 4.90 Å². The number of benzene rings is 2. The summed E-state index contributed by atoms with van der Waals surface area (Å²) in [4.78, 5) is 13.8. The molecule has 0 aliphatic carbocycles. The van der Waals surface area contributed by atoms with Crippen LogP contribution in [0.4, 0.5) is 10.5 Å². The highest BCUT2D eigenvalue weighted by molar-refractivity contribution is 5.89. The Kier molecular flexibility index (Phi) is 3.87. The Labute approximate surface area is 129 Å². The number of carbonyl (C=O) groups is 1. The molecule has 0 radical (unpaired) electrons. The molecular formula is C17H18N2O3. The fraction of sp³-hybridized carbons (Fsp3) is 0.235. The van der Waals surface area contributed by atoms with E-state index in [1.54, 1.807) is 25.2 Å². The summed E-state index contributed by atoms with van der Waals surface area (Å²) in [5.41, 5.74) is 2.57. The number of para-hydroxylation sites is 1. The van der Waals surface area contributed by atoms with Crippen molar-refractivity contribution in [2.75, 3.05) is 19.0 Å². The predicted octanol–water partition coefficient (Wildman–Crippen LogP) is 2.99. The van der Waals surface area contributed by atoms with Crippen LogP contribution in [-0.2, 0) is 13.0 Å². The maximum Gasteiger partial charge on any atom is 0.321 e. The normalized spacial score (nSPS) is 12.4. The molecule has 0 saturated carbocycles. The van der Waals surface area contributed by atoms with E-state index in [1.807, 2.05) is 24.3 Å². The number of phenols is 1. The number of carbonyl (C=O) groups excluding carboxylic acids is 1.